The molecule has 3 amide bonds. The highest BCUT2D eigenvalue weighted by Gasteiger charge is 2.23. The van der Waals surface area contributed by atoms with Crippen molar-refractivity contribution < 1.29 is 24.2 Å². The predicted octanol–water partition coefficient (Wildman–Crippen LogP) is 6.49. The second-order valence-corrected chi connectivity index (χ2v) is 13.7. The van der Waals surface area contributed by atoms with Gasteiger partial charge in [-0.25, -0.2) is 4.79 Å². The Bertz CT molecular complexity index is 1730. The zero-order valence-electron chi connectivity index (χ0n) is 28.9. The van der Waals surface area contributed by atoms with Gasteiger partial charge >= 0.3 is 6.09 Å². The van der Waals surface area contributed by atoms with Gasteiger partial charge in [-0.15, -0.1) is 0 Å². The molecule has 0 aliphatic rings. The van der Waals surface area contributed by atoms with E-state index in [1.807, 2.05) is 66.9 Å². The molecule has 50 heavy (non-hydrogen) atoms. The quantitative estimate of drug-likeness (QED) is 0.0395. The van der Waals surface area contributed by atoms with Crippen molar-refractivity contribution in [3.05, 3.63) is 95.7 Å². The number of hydrogen-bond donors (Lipinski definition) is 7. The summed E-state index contributed by atoms with van der Waals surface area (Å²) in [7, 11) is 0. The fraction of sp³-hybridized carbons (Fsp3) is 0.368. The molecule has 0 aliphatic carbocycles. The van der Waals surface area contributed by atoms with Crippen LogP contribution in [0.2, 0.25) is 0 Å². The van der Waals surface area contributed by atoms with Gasteiger partial charge in [0.05, 0.1) is 0 Å². The first-order valence-electron chi connectivity index (χ1n) is 17.0. The molecular formula is C38H48N6O5S. The number of carbonyl (C=O) groups is 3. The van der Waals surface area contributed by atoms with Gasteiger partial charge in [-0.3, -0.25) is 14.9 Å². The average molecular weight is 701 g/mol. The van der Waals surface area contributed by atoms with Gasteiger partial charge in [0.25, 0.3) is 11.8 Å². The molecule has 1 aromatic heterocycles. The molecule has 4 rings (SSSR count). The lowest BCUT2D eigenvalue weighted by molar-refractivity contribution is -0.129. The van der Waals surface area contributed by atoms with E-state index in [0.29, 0.717) is 24.2 Å². The Hall–Kier alpha value is -4.94. The van der Waals surface area contributed by atoms with E-state index in [2.05, 4.69) is 47.0 Å². The number of carbonyl (C=O) groups excluding carboxylic acids is 3. The van der Waals surface area contributed by atoms with E-state index in [4.69, 9.17) is 22.7 Å². The Labute approximate surface area is 298 Å². The number of H-pyrrole nitrogens is 1. The molecular weight excluding hydrogens is 653 g/mol. The van der Waals surface area contributed by atoms with E-state index in [9.17, 15) is 19.5 Å². The molecule has 0 radical (unpaired) electrons. The second kappa shape index (κ2) is 18.2. The fourth-order valence-electron chi connectivity index (χ4n) is 5.52. The number of benzene rings is 3. The minimum Gasteiger partial charge on any atom is -0.436 e. The Balaban J connectivity index is 1.08. The molecule has 0 bridgehead atoms. The first-order valence-corrected chi connectivity index (χ1v) is 17.4. The number of thiocarbonyl (C=S) groups is 1. The molecule has 8 N–H and O–H groups in total. The van der Waals surface area contributed by atoms with Crippen molar-refractivity contribution in [3.8, 4) is 0 Å². The third-order valence-corrected chi connectivity index (χ3v) is 8.50. The van der Waals surface area contributed by atoms with E-state index < -0.39 is 18.4 Å². The zero-order valence-corrected chi connectivity index (χ0v) is 29.7. The van der Waals surface area contributed by atoms with Gasteiger partial charge < -0.3 is 36.5 Å². The molecule has 0 aliphatic heterocycles. The van der Waals surface area contributed by atoms with Crippen LogP contribution in [0.1, 0.15) is 80.8 Å². The Kier molecular flexibility index (Phi) is 13.8. The van der Waals surface area contributed by atoms with Crippen molar-refractivity contribution in [1.82, 2.24) is 15.6 Å². The number of ether oxygens (including phenoxy) is 1. The van der Waals surface area contributed by atoms with Gasteiger partial charge in [-0.2, -0.15) is 0 Å². The number of primary amides is 1. The number of aromatic nitrogens is 1. The molecule has 0 spiro atoms. The maximum atomic E-state index is 12.8. The molecule has 1 unspecified atom stereocenters. The van der Waals surface area contributed by atoms with E-state index in [1.165, 1.54) is 0 Å². The summed E-state index contributed by atoms with van der Waals surface area (Å²) in [6.07, 6.45) is 4.34. The first kappa shape index (κ1) is 37.9. The number of hydrogen-bond acceptors (Lipinski definition) is 7. The summed E-state index contributed by atoms with van der Waals surface area (Å²) in [6, 6.07) is 22.5. The summed E-state index contributed by atoms with van der Waals surface area (Å²) in [5.74, 6) is -0.658. The molecule has 1 heterocycles. The molecule has 0 fully saturated rings. The number of para-hydroxylation sites is 1. The van der Waals surface area contributed by atoms with Crippen LogP contribution in [0.25, 0.3) is 10.9 Å². The van der Waals surface area contributed by atoms with Gasteiger partial charge in [-0.1, -0.05) is 70.4 Å². The van der Waals surface area contributed by atoms with Crippen LogP contribution in [0.4, 0.5) is 16.2 Å². The number of nitrogens with two attached hydrogens (primary N) is 1. The van der Waals surface area contributed by atoms with Crippen molar-refractivity contribution in [1.29, 1.82) is 0 Å². The number of aromatic amines is 1. The van der Waals surface area contributed by atoms with Crippen LogP contribution < -0.4 is 27.0 Å². The molecule has 2 atom stereocenters. The second-order valence-electron chi connectivity index (χ2n) is 13.3. The summed E-state index contributed by atoms with van der Waals surface area (Å²) in [5, 5.41) is 23.3. The molecule has 0 saturated heterocycles. The Morgan fingerprint density at radius 1 is 0.900 bits per heavy atom. The predicted molar refractivity (Wildman–Crippen MR) is 202 cm³/mol. The summed E-state index contributed by atoms with van der Waals surface area (Å²) in [4.78, 5) is 40.0. The average Bonchev–Trinajstić information content (AvgIpc) is 3.48. The van der Waals surface area contributed by atoms with Crippen LogP contribution in [0.5, 0.6) is 0 Å². The third kappa shape index (κ3) is 11.9. The summed E-state index contributed by atoms with van der Waals surface area (Å²) >= 11 is 5.32. The van der Waals surface area contributed by atoms with Crippen molar-refractivity contribution in [3.63, 3.8) is 0 Å². The van der Waals surface area contributed by atoms with Crippen molar-refractivity contribution >= 4 is 57.5 Å². The monoisotopic (exact) mass is 700 g/mol. The van der Waals surface area contributed by atoms with E-state index in [-0.39, 0.29) is 28.8 Å². The van der Waals surface area contributed by atoms with E-state index in [1.54, 1.807) is 12.1 Å². The van der Waals surface area contributed by atoms with Crippen molar-refractivity contribution in [2.45, 2.75) is 83.5 Å². The number of aliphatic hydroxyl groups is 1. The molecule has 266 valence electrons. The number of rotatable bonds is 16. The lowest BCUT2D eigenvalue weighted by atomic mass is 9.87. The number of unbranched alkanes of at least 4 members (excludes halogenated alkanes) is 4. The topological polar surface area (TPSA) is 171 Å². The highest BCUT2D eigenvalue weighted by atomic mass is 32.1. The van der Waals surface area contributed by atoms with Crippen LogP contribution >= 0.6 is 12.2 Å². The first-order chi connectivity index (χ1) is 23.9. The minimum absolute atomic E-state index is 0.00537. The number of anilines is 2. The maximum Gasteiger partial charge on any atom is 0.405 e. The van der Waals surface area contributed by atoms with Gasteiger partial charge in [0.2, 0.25) is 0 Å². The molecule has 4 aromatic rings. The summed E-state index contributed by atoms with van der Waals surface area (Å²) in [6.45, 7) is 6.83. The van der Waals surface area contributed by atoms with Crippen LogP contribution in [-0.4, -0.2) is 52.0 Å². The highest BCUT2D eigenvalue weighted by Crippen LogP contribution is 2.23. The normalized spacial score (nSPS) is 12.5. The SMILES string of the molecule is CC(C)(C)c1ccc(C(=O)NC(=S)Nc2ccc(NC(O)CCCCCCCNC(=O)[C@H](Cc3c[nH]c4ccccc34)OC(N)=O)cc2)cc1. The van der Waals surface area contributed by atoms with E-state index in [0.717, 1.165) is 59.8 Å². The number of aliphatic hydroxyl groups excluding tert-OH is 1. The Morgan fingerprint density at radius 2 is 1.56 bits per heavy atom. The third-order valence-electron chi connectivity index (χ3n) is 8.30. The maximum absolute atomic E-state index is 12.8. The lowest BCUT2D eigenvalue weighted by Gasteiger charge is -2.19. The van der Waals surface area contributed by atoms with Gasteiger partial charge in [-0.05, 0) is 90.5 Å². The number of amides is 3. The summed E-state index contributed by atoms with van der Waals surface area (Å²) < 4.78 is 5.13. The molecule has 11 nitrogen and oxygen atoms in total. The van der Waals surface area contributed by atoms with E-state index >= 15 is 0 Å². The zero-order chi connectivity index (χ0) is 36.1. The van der Waals surface area contributed by atoms with Gasteiger partial charge in [0.1, 0.15) is 6.23 Å². The van der Waals surface area contributed by atoms with Crippen molar-refractivity contribution in [2.24, 2.45) is 5.73 Å². The van der Waals surface area contributed by atoms with Crippen molar-refractivity contribution in [2.75, 3.05) is 17.2 Å². The van der Waals surface area contributed by atoms with Gasteiger partial charge in [0.15, 0.2) is 11.2 Å². The van der Waals surface area contributed by atoms with Crippen LogP contribution in [-0.2, 0) is 21.4 Å². The minimum atomic E-state index is -1.01. The number of nitrogens with one attached hydrogen (secondary N) is 5. The number of fused-ring (bicyclic) bond motifs is 1. The standard InChI is InChI=1S/C38H48N6O5S/c1-38(2,3)27-16-14-25(15-17-27)34(46)44-37(50)43-29-20-18-28(19-21-29)42-33(45)13-7-5-4-6-10-22-40-35(47)32(49-36(39)48)23-26-24-41-31-12-9-8-11-30(26)31/h8-9,11-12,14-21,24,32-33,41-42,45H,4-7,10,13,22-23H2,1-3H3,(H2,39,48)(H,40,47)(H2,43,44,46,50)/t32-,33?/m0/s1. The van der Waals surface area contributed by atoms with Crippen LogP contribution in [0.3, 0.4) is 0 Å². The molecule has 0 saturated carbocycles. The Morgan fingerprint density at radius 3 is 2.26 bits per heavy atom. The van der Waals surface area contributed by atoms with Gasteiger partial charge in [0, 0.05) is 47.0 Å². The summed E-state index contributed by atoms with van der Waals surface area (Å²) in [5.41, 5.74) is 10.2. The largest absolute Gasteiger partial charge is 0.436 e. The fourth-order valence-corrected chi connectivity index (χ4v) is 5.73. The van der Waals surface area contributed by atoms with Crippen LogP contribution in [0.15, 0.2) is 79.0 Å². The smallest absolute Gasteiger partial charge is 0.405 e. The molecule has 3 aromatic carbocycles. The highest BCUT2D eigenvalue weighted by molar-refractivity contribution is 7.80. The lowest BCUT2D eigenvalue weighted by Crippen LogP contribution is -2.40. The molecule has 12 heteroatoms. The van der Waals surface area contributed by atoms with Crippen LogP contribution in [0, 0.1) is 0 Å².